The van der Waals surface area contributed by atoms with E-state index in [1.54, 1.807) is 0 Å². The van der Waals surface area contributed by atoms with Gasteiger partial charge in [-0.15, -0.1) is 0 Å². The summed E-state index contributed by atoms with van der Waals surface area (Å²) in [6, 6.07) is 0. The summed E-state index contributed by atoms with van der Waals surface area (Å²) < 4.78 is 0. The SMILES string of the molecule is CCCCCCCC.CN1CCSCC1. The number of thioether (sulfide) groups is 1. The molecule has 0 saturated carbocycles. The lowest BCUT2D eigenvalue weighted by molar-refractivity contribution is 0.372. The molecule has 1 nitrogen and oxygen atoms in total. The molecule has 15 heavy (non-hydrogen) atoms. The molecule has 1 saturated heterocycles. The zero-order chi connectivity index (χ0) is 11.4. The lowest BCUT2D eigenvalue weighted by Gasteiger charge is -2.20. The van der Waals surface area contributed by atoms with E-state index in [0.29, 0.717) is 0 Å². The minimum atomic E-state index is 1.28. The quantitative estimate of drug-likeness (QED) is 0.657. The number of hydrogen-bond acceptors (Lipinski definition) is 2. The molecule has 0 N–H and O–H groups in total. The van der Waals surface area contributed by atoms with E-state index in [4.69, 9.17) is 0 Å². The third-order valence-electron chi connectivity index (χ3n) is 2.69. The molecule has 1 fully saturated rings. The number of unbranched alkanes of at least 4 members (excludes halogenated alkanes) is 5. The van der Waals surface area contributed by atoms with Gasteiger partial charge in [-0.1, -0.05) is 52.4 Å². The van der Waals surface area contributed by atoms with Crippen LogP contribution in [-0.4, -0.2) is 36.5 Å². The first kappa shape index (κ1) is 15.3. The molecular formula is C13H29NS. The largest absolute Gasteiger partial charge is 0.305 e. The monoisotopic (exact) mass is 231 g/mol. The summed E-state index contributed by atoms with van der Waals surface area (Å²) in [5.41, 5.74) is 0. The van der Waals surface area contributed by atoms with Crippen LogP contribution in [0.2, 0.25) is 0 Å². The molecule has 0 radical (unpaired) electrons. The van der Waals surface area contributed by atoms with Gasteiger partial charge in [0.2, 0.25) is 0 Å². The molecule has 2 heteroatoms. The van der Waals surface area contributed by atoms with Gasteiger partial charge < -0.3 is 4.90 Å². The number of rotatable bonds is 5. The Bertz CT molecular complexity index is 105. The zero-order valence-corrected chi connectivity index (χ0v) is 11.7. The van der Waals surface area contributed by atoms with Gasteiger partial charge in [0.25, 0.3) is 0 Å². The van der Waals surface area contributed by atoms with Gasteiger partial charge in [-0.25, -0.2) is 0 Å². The molecule has 0 unspecified atom stereocenters. The summed E-state index contributed by atoms with van der Waals surface area (Å²) in [4.78, 5) is 2.37. The average molecular weight is 231 g/mol. The van der Waals surface area contributed by atoms with Crippen molar-refractivity contribution in [3.05, 3.63) is 0 Å². The average Bonchev–Trinajstić information content (AvgIpc) is 2.27. The van der Waals surface area contributed by atoms with E-state index in [0.717, 1.165) is 0 Å². The first-order valence-electron chi connectivity index (χ1n) is 6.57. The first-order valence-corrected chi connectivity index (χ1v) is 7.73. The second-order valence-corrected chi connectivity index (χ2v) is 5.55. The van der Waals surface area contributed by atoms with Gasteiger partial charge in [0.1, 0.15) is 0 Å². The van der Waals surface area contributed by atoms with E-state index in [1.165, 1.54) is 63.1 Å². The summed E-state index contributed by atoms with van der Waals surface area (Å²) in [5, 5.41) is 0. The van der Waals surface area contributed by atoms with Crippen molar-refractivity contribution in [2.75, 3.05) is 31.6 Å². The maximum Gasteiger partial charge on any atom is 0.00696 e. The maximum absolute atomic E-state index is 2.37. The van der Waals surface area contributed by atoms with Crippen molar-refractivity contribution in [2.24, 2.45) is 0 Å². The van der Waals surface area contributed by atoms with Crippen LogP contribution < -0.4 is 0 Å². The van der Waals surface area contributed by atoms with Crippen LogP contribution in [0.4, 0.5) is 0 Å². The second-order valence-electron chi connectivity index (χ2n) is 4.33. The highest BCUT2D eigenvalue weighted by Crippen LogP contribution is 2.05. The van der Waals surface area contributed by atoms with Gasteiger partial charge in [-0.3, -0.25) is 0 Å². The Labute approximate surface area is 101 Å². The van der Waals surface area contributed by atoms with Crippen LogP contribution in [0.25, 0.3) is 0 Å². The fourth-order valence-electron chi connectivity index (χ4n) is 1.51. The van der Waals surface area contributed by atoms with Crippen molar-refractivity contribution < 1.29 is 0 Å². The third kappa shape index (κ3) is 12.2. The highest BCUT2D eigenvalue weighted by atomic mass is 32.2. The summed E-state index contributed by atoms with van der Waals surface area (Å²) >= 11 is 2.06. The Balaban J connectivity index is 0.000000262. The predicted molar refractivity (Wildman–Crippen MR) is 73.9 cm³/mol. The summed E-state index contributed by atoms with van der Waals surface area (Å²) in [5.74, 6) is 2.66. The normalized spacial score (nSPS) is 17.0. The van der Waals surface area contributed by atoms with Crippen LogP contribution in [0.5, 0.6) is 0 Å². The van der Waals surface area contributed by atoms with Crippen molar-refractivity contribution in [3.63, 3.8) is 0 Å². The Morgan fingerprint density at radius 1 is 0.867 bits per heavy atom. The molecule has 92 valence electrons. The van der Waals surface area contributed by atoms with Crippen LogP contribution in [0, 0.1) is 0 Å². The smallest absolute Gasteiger partial charge is 0.00696 e. The van der Waals surface area contributed by atoms with Crippen molar-refractivity contribution in [2.45, 2.75) is 52.4 Å². The summed E-state index contributed by atoms with van der Waals surface area (Å²) in [6.45, 7) is 7.08. The van der Waals surface area contributed by atoms with Gasteiger partial charge in [-0.2, -0.15) is 11.8 Å². The molecular weight excluding hydrogens is 202 g/mol. The summed E-state index contributed by atoms with van der Waals surface area (Å²) in [6.07, 6.45) is 8.49. The van der Waals surface area contributed by atoms with Crippen LogP contribution in [0.1, 0.15) is 52.4 Å². The van der Waals surface area contributed by atoms with Gasteiger partial charge in [0.05, 0.1) is 0 Å². The number of nitrogens with zero attached hydrogens (tertiary/aromatic N) is 1. The molecule has 1 aliphatic heterocycles. The third-order valence-corrected chi connectivity index (χ3v) is 3.63. The Kier molecular flexibility index (Phi) is 12.6. The highest BCUT2D eigenvalue weighted by Gasteiger charge is 2.02. The first-order chi connectivity index (χ1) is 7.31. The van der Waals surface area contributed by atoms with E-state index in [-0.39, 0.29) is 0 Å². The highest BCUT2D eigenvalue weighted by molar-refractivity contribution is 7.99. The van der Waals surface area contributed by atoms with E-state index in [1.807, 2.05) is 0 Å². The minimum Gasteiger partial charge on any atom is -0.305 e. The Morgan fingerprint density at radius 3 is 1.60 bits per heavy atom. The predicted octanol–water partition coefficient (Wildman–Crippen LogP) is 4.03. The fourth-order valence-corrected chi connectivity index (χ4v) is 2.59. The lowest BCUT2D eigenvalue weighted by Crippen LogP contribution is -2.28. The molecule has 0 aromatic rings. The molecule has 0 aliphatic carbocycles. The molecule has 0 atom stereocenters. The minimum absolute atomic E-state index is 1.28. The Morgan fingerprint density at radius 2 is 1.33 bits per heavy atom. The van der Waals surface area contributed by atoms with Crippen molar-refractivity contribution in [1.29, 1.82) is 0 Å². The molecule has 0 amide bonds. The molecule has 1 aliphatic rings. The van der Waals surface area contributed by atoms with Gasteiger partial charge in [0, 0.05) is 24.6 Å². The van der Waals surface area contributed by atoms with Gasteiger partial charge in [0.15, 0.2) is 0 Å². The zero-order valence-electron chi connectivity index (χ0n) is 10.9. The summed E-state index contributed by atoms with van der Waals surface area (Å²) in [7, 11) is 2.18. The van der Waals surface area contributed by atoms with E-state index in [2.05, 4.69) is 37.6 Å². The van der Waals surface area contributed by atoms with E-state index >= 15 is 0 Å². The van der Waals surface area contributed by atoms with Gasteiger partial charge in [-0.05, 0) is 7.05 Å². The van der Waals surface area contributed by atoms with Crippen LogP contribution >= 0.6 is 11.8 Å². The molecule has 0 spiro atoms. The van der Waals surface area contributed by atoms with E-state index < -0.39 is 0 Å². The fraction of sp³-hybridized carbons (Fsp3) is 1.00. The molecule has 0 bridgehead atoms. The van der Waals surface area contributed by atoms with Crippen molar-refractivity contribution in [1.82, 2.24) is 4.90 Å². The lowest BCUT2D eigenvalue weighted by atomic mass is 10.1. The van der Waals surface area contributed by atoms with Gasteiger partial charge >= 0.3 is 0 Å². The molecule has 1 rings (SSSR count). The van der Waals surface area contributed by atoms with Crippen molar-refractivity contribution >= 4 is 11.8 Å². The standard InChI is InChI=1S/C8H18.C5H11NS/c1-3-5-7-8-6-4-2;1-6-2-4-7-5-3-6/h3-8H2,1-2H3;2-5H2,1H3. The second kappa shape index (κ2) is 12.4. The number of hydrogen-bond donors (Lipinski definition) is 0. The topological polar surface area (TPSA) is 3.24 Å². The maximum atomic E-state index is 2.37. The molecule has 1 heterocycles. The molecule has 0 aromatic carbocycles. The van der Waals surface area contributed by atoms with Crippen molar-refractivity contribution in [3.8, 4) is 0 Å². The molecule has 0 aromatic heterocycles. The Hall–Kier alpha value is 0.310. The van der Waals surface area contributed by atoms with Crippen LogP contribution in [0.15, 0.2) is 0 Å². The van der Waals surface area contributed by atoms with Crippen LogP contribution in [-0.2, 0) is 0 Å². The van der Waals surface area contributed by atoms with E-state index in [9.17, 15) is 0 Å². The van der Waals surface area contributed by atoms with Crippen LogP contribution in [0.3, 0.4) is 0 Å².